The Morgan fingerprint density at radius 3 is 3.04 bits per heavy atom. The number of carbonyl (C=O) groups excluding carboxylic acids is 1. The number of hydrogen-bond acceptors (Lipinski definition) is 5. The fraction of sp³-hybridized carbons (Fsp3) is 0.375. The Labute approximate surface area is 137 Å². The second kappa shape index (κ2) is 5.42. The third-order valence-electron chi connectivity index (χ3n) is 4.38. The Kier molecular flexibility index (Phi) is 3.37. The first-order chi connectivity index (χ1) is 11.1. The van der Waals surface area contributed by atoms with Gasteiger partial charge in [-0.1, -0.05) is 0 Å². The van der Waals surface area contributed by atoms with E-state index in [-0.39, 0.29) is 11.9 Å². The summed E-state index contributed by atoms with van der Waals surface area (Å²) in [6.45, 7) is 2.72. The molecule has 1 aliphatic heterocycles. The van der Waals surface area contributed by atoms with Crippen LogP contribution in [0.3, 0.4) is 0 Å². The molecule has 118 valence electrons. The predicted molar refractivity (Wildman–Crippen MR) is 88.4 cm³/mol. The molecule has 0 unspecified atom stereocenters. The molecule has 3 aromatic heterocycles. The van der Waals surface area contributed by atoms with Crippen molar-refractivity contribution in [1.29, 1.82) is 0 Å². The van der Waals surface area contributed by atoms with Gasteiger partial charge in [-0.25, -0.2) is 4.98 Å². The molecular formula is C16H17N5OS. The minimum atomic E-state index is 0.0383. The van der Waals surface area contributed by atoms with Gasteiger partial charge in [0.25, 0.3) is 5.91 Å². The number of rotatable bonds is 2. The van der Waals surface area contributed by atoms with Crippen molar-refractivity contribution in [3.05, 3.63) is 41.5 Å². The molecule has 0 aliphatic carbocycles. The molecule has 1 atom stereocenters. The van der Waals surface area contributed by atoms with Crippen molar-refractivity contribution in [3.8, 4) is 0 Å². The number of hydrogen-bond donors (Lipinski definition) is 0. The zero-order valence-electron chi connectivity index (χ0n) is 13.1. The molecular weight excluding hydrogens is 310 g/mol. The molecule has 1 amide bonds. The molecule has 3 aromatic rings. The van der Waals surface area contributed by atoms with Crippen LogP contribution in [0, 0.1) is 6.92 Å². The first-order valence-electron chi connectivity index (χ1n) is 7.65. The number of fused-ring (bicyclic) bond motifs is 1. The van der Waals surface area contributed by atoms with Crippen LogP contribution in [-0.2, 0) is 7.05 Å². The normalized spacial score (nSPS) is 18.0. The lowest BCUT2D eigenvalue weighted by molar-refractivity contribution is 0.0735. The second-order valence-electron chi connectivity index (χ2n) is 5.95. The molecule has 4 heterocycles. The van der Waals surface area contributed by atoms with E-state index in [1.807, 2.05) is 37.3 Å². The van der Waals surface area contributed by atoms with Crippen molar-refractivity contribution in [3.63, 3.8) is 0 Å². The summed E-state index contributed by atoms with van der Waals surface area (Å²) in [5.74, 6) is 0.0383. The molecule has 23 heavy (non-hydrogen) atoms. The van der Waals surface area contributed by atoms with Crippen LogP contribution >= 0.6 is 11.5 Å². The maximum Gasteiger partial charge on any atom is 0.255 e. The van der Waals surface area contributed by atoms with Crippen molar-refractivity contribution < 1.29 is 4.79 Å². The molecule has 1 saturated heterocycles. The lowest BCUT2D eigenvalue weighted by Gasteiger charge is -2.23. The van der Waals surface area contributed by atoms with E-state index < -0.39 is 0 Å². The van der Waals surface area contributed by atoms with Gasteiger partial charge in [-0.2, -0.15) is 9.47 Å². The van der Waals surface area contributed by atoms with Crippen LogP contribution in [0.5, 0.6) is 0 Å². The van der Waals surface area contributed by atoms with Gasteiger partial charge >= 0.3 is 0 Å². The zero-order valence-corrected chi connectivity index (χ0v) is 13.9. The van der Waals surface area contributed by atoms with E-state index >= 15 is 0 Å². The molecule has 0 N–H and O–H groups in total. The molecule has 6 nitrogen and oxygen atoms in total. The average molecular weight is 327 g/mol. The third kappa shape index (κ3) is 2.41. The van der Waals surface area contributed by atoms with Crippen LogP contribution in [0.2, 0.25) is 0 Å². The van der Waals surface area contributed by atoms with E-state index in [2.05, 4.69) is 14.5 Å². The first-order valence-corrected chi connectivity index (χ1v) is 8.42. The molecule has 4 rings (SSSR count). The van der Waals surface area contributed by atoms with Crippen LogP contribution in [0.15, 0.2) is 24.7 Å². The van der Waals surface area contributed by atoms with Crippen molar-refractivity contribution in [2.24, 2.45) is 7.05 Å². The third-order valence-corrected chi connectivity index (χ3v) is 5.24. The standard InChI is InChI=1S/C16H17N5OS/c1-10-13-6-11(7-17-15(13)23-19-10)16(22)21-5-3-4-14(21)12-8-18-20(2)9-12/h6-9,14H,3-5H2,1-2H3/t14-/m1/s1. The Balaban J connectivity index is 1.67. The number of carbonyl (C=O) groups is 1. The maximum atomic E-state index is 13.0. The Morgan fingerprint density at radius 1 is 1.39 bits per heavy atom. The van der Waals surface area contributed by atoms with Crippen molar-refractivity contribution >= 4 is 27.7 Å². The van der Waals surface area contributed by atoms with E-state index in [9.17, 15) is 4.79 Å². The second-order valence-corrected chi connectivity index (χ2v) is 6.70. The van der Waals surface area contributed by atoms with Gasteiger partial charge in [0.05, 0.1) is 23.5 Å². The highest BCUT2D eigenvalue weighted by Crippen LogP contribution is 2.33. The fourth-order valence-electron chi connectivity index (χ4n) is 3.20. The van der Waals surface area contributed by atoms with Gasteiger partial charge in [0.2, 0.25) is 0 Å². The minimum Gasteiger partial charge on any atom is -0.331 e. The van der Waals surface area contributed by atoms with Crippen LogP contribution in [-0.4, -0.2) is 36.5 Å². The summed E-state index contributed by atoms with van der Waals surface area (Å²) in [6, 6.07) is 2.02. The maximum absolute atomic E-state index is 13.0. The van der Waals surface area contributed by atoms with E-state index in [1.165, 1.54) is 11.5 Å². The van der Waals surface area contributed by atoms with E-state index in [4.69, 9.17) is 0 Å². The molecule has 7 heteroatoms. The Hall–Kier alpha value is -2.28. The molecule has 0 spiro atoms. The highest BCUT2D eigenvalue weighted by atomic mass is 32.1. The fourth-order valence-corrected chi connectivity index (χ4v) is 3.92. The monoisotopic (exact) mass is 327 g/mol. The van der Waals surface area contributed by atoms with Crippen LogP contribution in [0.25, 0.3) is 10.2 Å². The number of amides is 1. The van der Waals surface area contributed by atoms with E-state index in [0.29, 0.717) is 5.56 Å². The highest BCUT2D eigenvalue weighted by Gasteiger charge is 2.31. The summed E-state index contributed by atoms with van der Waals surface area (Å²) in [5.41, 5.74) is 2.66. The van der Waals surface area contributed by atoms with Crippen molar-refractivity contribution in [2.75, 3.05) is 6.54 Å². The summed E-state index contributed by atoms with van der Waals surface area (Å²) in [6.07, 6.45) is 7.50. The SMILES string of the molecule is Cc1nsc2ncc(C(=O)N3CCC[C@@H]3c3cnn(C)c3)cc12. The van der Waals surface area contributed by atoms with Crippen LogP contribution in [0.1, 0.15) is 40.5 Å². The molecule has 0 bridgehead atoms. The van der Waals surface area contributed by atoms with Gasteiger partial charge < -0.3 is 4.90 Å². The summed E-state index contributed by atoms with van der Waals surface area (Å²) in [4.78, 5) is 20.2. The number of likely N-dealkylation sites (tertiary alicyclic amines) is 1. The highest BCUT2D eigenvalue weighted by molar-refractivity contribution is 7.12. The largest absolute Gasteiger partial charge is 0.331 e. The molecule has 0 saturated carbocycles. The van der Waals surface area contributed by atoms with Gasteiger partial charge in [0.15, 0.2) is 0 Å². The number of aryl methyl sites for hydroxylation is 2. The lowest BCUT2D eigenvalue weighted by atomic mass is 10.1. The minimum absolute atomic E-state index is 0.0383. The summed E-state index contributed by atoms with van der Waals surface area (Å²) < 4.78 is 6.08. The van der Waals surface area contributed by atoms with Gasteiger partial charge in [0, 0.05) is 36.9 Å². The molecule has 0 radical (unpaired) electrons. The van der Waals surface area contributed by atoms with Crippen LogP contribution < -0.4 is 0 Å². The molecule has 1 aliphatic rings. The van der Waals surface area contributed by atoms with Gasteiger partial charge in [-0.05, 0) is 37.4 Å². The van der Waals surface area contributed by atoms with Crippen molar-refractivity contribution in [2.45, 2.75) is 25.8 Å². The lowest BCUT2D eigenvalue weighted by Crippen LogP contribution is -2.30. The van der Waals surface area contributed by atoms with Gasteiger partial charge in [0.1, 0.15) is 4.83 Å². The summed E-state index contributed by atoms with van der Waals surface area (Å²) in [7, 11) is 1.90. The summed E-state index contributed by atoms with van der Waals surface area (Å²) in [5, 5.41) is 5.20. The number of pyridine rings is 1. The smallest absolute Gasteiger partial charge is 0.255 e. The molecule has 0 aromatic carbocycles. The van der Waals surface area contributed by atoms with E-state index in [0.717, 1.165) is 40.9 Å². The first kappa shape index (κ1) is 14.3. The van der Waals surface area contributed by atoms with Crippen molar-refractivity contribution in [1.82, 2.24) is 24.0 Å². The van der Waals surface area contributed by atoms with E-state index in [1.54, 1.807) is 10.9 Å². The topological polar surface area (TPSA) is 63.9 Å². The number of nitrogens with zero attached hydrogens (tertiary/aromatic N) is 5. The zero-order chi connectivity index (χ0) is 16.0. The van der Waals surface area contributed by atoms with Gasteiger partial charge in [-0.15, -0.1) is 0 Å². The predicted octanol–water partition coefficient (Wildman–Crippen LogP) is 2.71. The Bertz CT molecular complexity index is 884. The Morgan fingerprint density at radius 2 is 2.26 bits per heavy atom. The average Bonchev–Trinajstić information content (AvgIpc) is 3.26. The summed E-state index contributed by atoms with van der Waals surface area (Å²) >= 11 is 1.37. The van der Waals surface area contributed by atoms with Crippen LogP contribution in [0.4, 0.5) is 0 Å². The molecule has 1 fully saturated rings. The quantitative estimate of drug-likeness (QED) is 0.726. The van der Waals surface area contributed by atoms with Gasteiger partial charge in [-0.3, -0.25) is 9.48 Å². The number of aromatic nitrogens is 4.